The maximum absolute atomic E-state index is 13.9. The van der Waals surface area contributed by atoms with Crippen molar-refractivity contribution in [1.29, 1.82) is 0 Å². The summed E-state index contributed by atoms with van der Waals surface area (Å²) in [6.45, 7) is 2.76. The molecule has 0 aromatic heterocycles. The molecule has 3 aromatic carbocycles. The van der Waals surface area contributed by atoms with Crippen molar-refractivity contribution < 1.29 is 28.2 Å². The number of carbonyl (C=O) groups is 2. The minimum Gasteiger partial charge on any atom is -0.392 e. The van der Waals surface area contributed by atoms with E-state index in [9.17, 15) is 23.5 Å². The van der Waals surface area contributed by atoms with Crippen molar-refractivity contribution in [3.05, 3.63) is 95.1 Å². The van der Waals surface area contributed by atoms with Gasteiger partial charge >= 0.3 is 0 Å². The summed E-state index contributed by atoms with van der Waals surface area (Å²) in [4.78, 5) is 25.4. The molecule has 0 aliphatic carbocycles. The molecule has 0 saturated carbocycles. The molecule has 0 heterocycles. The predicted octanol–water partition coefficient (Wildman–Crippen LogP) is 3.57. The first-order chi connectivity index (χ1) is 18.1. The van der Waals surface area contributed by atoms with Gasteiger partial charge in [-0.1, -0.05) is 54.6 Å². The number of nitrogens with one attached hydrogen (secondary N) is 2. The summed E-state index contributed by atoms with van der Waals surface area (Å²) in [5, 5.41) is 14.9. The highest BCUT2D eigenvalue weighted by Gasteiger charge is 2.24. The van der Waals surface area contributed by atoms with E-state index < -0.39 is 41.6 Å². The van der Waals surface area contributed by atoms with E-state index in [2.05, 4.69) is 10.6 Å². The van der Waals surface area contributed by atoms with Crippen molar-refractivity contribution in [2.75, 3.05) is 6.61 Å². The molecule has 0 aliphatic rings. The second-order valence-corrected chi connectivity index (χ2v) is 9.73. The van der Waals surface area contributed by atoms with Crippen LogP contribution in [-0.2, 0) is 34.1 Å². The number of halogens is 2. The van der Waals surface area contributed by atoms with Gasteiger partial charge in [-0.25, -0.2) is 8.78 Å². The quantitative estimate of drug-likeness (QED) is 0.289. The molecule has 5 N–H and O–H groups in total. The van der Waals surface area contributed by atoms with Gasteiger partial charge in [0, 0.05) is 24.1 Å². The number of hydrogen-bond donors (Lipinski definition) is 4. The Morgan fingerprint density at radius 3 is 2.29 bits per heavy atom. The molecule has 2 amide bonds. The maximum Gasteiger partial charge on any atom is 0.245 e. The molecule has 3 rings (SSSR count). The topological polar surface area (TPSA) is 114 Å². The average molecular weight is 526 g/mol. The van der Waals surface area contributed by atoms with E-state index in [1.807, 2.05) is 48.5 Å². The predicted molar refractivity (Wildman–Crippen MR) is 140 cm³/mol. The first kappa shape index (κ1) is 28.9. The second-order valence-electron chi connectivity index (χ2n) is 9.73. The fourth-order valence-corrected chi connectivity index (χ4v) is 3.85. The van der Waals surface area contributed by atoms with Crippen LogP contribution in [0.1, 0.15) is 37.0 Å². The molecular formula is C29H33F2N3O4. The number of nitrogens with two attached hydrogens (primary N) is 1. The lowest BCUT2D eigenvalue weighted by atomic mass is 9.99. The Labute approximate surface area is 221 Å². The van der Waals surface area contributed by atoms with Gasteiger partial charge in [-0.15, -0.1) is 0 Å². The number of aliphatic hydroxyl groups excluding tert-OH is 1. The van der Waals surface area contributed by atoms with Crippen molar-refractivity contribution in [2.24, 2.45) is 5.73 Å². The smallest absolute Gasteiger partial charge is 0.245 e. The molecule has 38 heavy (non-hydrogen) atoms. The summed E-state index contributed by atoms with van der Waals surface area (Å²) in [5.74, 6) is -2.49. The standard InChI is InChI=1S/C29H33F2N3O4/c1-29(2,32)14-27(36)34-26(18-38-17-23-24(30)8-5-9-25(23)31)28(37)33-15-19-10-12-20(13-11-19)22-7-4-3-6-21(22)16-35/h3-13,26,35H,14-18,32H2,1-2H3,(H,33,37)(H,34,36)/t26-/m1/s1. The number of hydrogen-bond acceptors (Lipinski definition) is 5. The molecular weight excluding hydrogens is 492 g/mol. The molecule has 202 valence electrons. The molecule has 9 heteroatoms. The zero-order valence-corrected chi connectivity index (χ0v) is 21.5. The van der Waals surface area contributed by atoms with E-state index in [0.717, 1.165) is 34.4 Å². The van der Waals surface area contributed by atoms with Crippen LogP contribution in [0.15, 0.2) is 66.7 Å². The van der Waals surface area contributed by atoms with E-state index in [-0.39, 0.29) is 31.7 Å². The highest BCUT2D eigenvalue weighted by atomic mass is 19.1. The van der Waals surface area contributed by atoms with Gasteiger partial charge in [0.1, 0.15) is 17.7 Å². The Balaban J connectivity index is 1.64. The van der Waals surface area contributed by atoms with Crippen LogP contribution >= 0.6 is 0 Å². The lowest BCUT2D eigenvalue weighted by molar-refractivity contribution is -0.131. The Kier molecular flexibility index (Phi) is 10.1. The SMILES string of the molecule is CC(C)(N)CC(=O)N[C@H](COCc1c(F)cccc1F)C(=O)NCc1ccc(-c2ccccc2CO)cc1. The van der Waals surface area contributed by atoms with Crippen LogP contribution in [0, 0.1) is 11.6 Å². The van der Waals surface area contributed by atoms with Crippen molar-refractivity contribution in [3.63, 3.8) is 0 Å². The van der Waals surface area contributed by atoms with Crippen LogP contribution in [-0.4, -0.2) is 35.1 Å². The molecule has 0 spiro atoms. The minimum atomic E-state index is -1.10. The third-order valence-corrected chi connectivity index (χ3v) is 5.78. The van der Waals surface area contributed by atoms with E-state index in [1.165, 1.54) is 6.07 Å². The number of benzene rings is 3. The minimum absolute atomic E-state index is 0.0322. The largest absolute Gasteiger partial charge is 0.392 e. The summed E-state index contributed by atoms with van der Waals surface area (Å²) in [7, 11) is 0. The molecule has 0 radical (unpaired) electrons. The Morgan fingerprint density at radius 2 is 1.66 bits per heavy atom. The number of ether oxygens (including phenoxy) is 1. The fraction of sp³-hybridized carbons (Fsp3) is 0.310. The molecule has 0 fully saturated rings. The van der Waals surface area contributed by atoms with E-state index >= 15 is 0 Å². The van der Waals surface area contributed by atoms with Gasteiger partial charge in [0.05, 0.1) is 19.8 Å². The lowest BCUT2D eigenvalue weighted by Gasteiger charge is -2.22. The number of amides is 2. The molecule has 0 bridgehead atoms. The Bertz CT molecular complexity index is 1220. The summed E-state index contributed by atoms with van der Waals surface area (Å²) in [6.07, 6.45) is -0.0322. The molecule has 3 aromatic rings. The zero-order chi connectivity index (χ0) is 27.7. The molecule has 0 saturated heterocycles. The summed E-state index contributed by atoms with van der Waals surface area (Å²) >= 11 is 0. The monoisotopic (exact) mass is 525 g/mol. The van der Waals surface area contributed by atoms with Gasteiger partial charge < -0.3 is 26.2 Å². The van der Waals surface area contributed by atoms with Crippen LogP contribution in [0.4, 0.5) is 8.78 Å². The molecule has 0 aliphatic heterocycles. The van der Waals surface area contributed by atoms with Crippen molar-refractivity contribution >= 4 is 11.8 Å². The van der Waals surface area contributed by atoms with Gasteiger partial charge in [-0.05, 0) is 48.2 Å². The van der Waals surface area contributed by atoms with Crippen LogP contribution in [0.25, 0.3) is 11.1 Å². The van der Waals surface area contributed by atoms with Gasteiger partial charge in [-0.3, -0.25) is 9.59 Å². The highest BCUT2D eigenvalue weighted by molar-refractivity contribution is 5.88. The Morgan fingerprint density at radius 1 is 1.00 bits per heavy atom. The normalized spacial score (nSPS) is 12.2. The number of aliphatic hydroxyl groups is 1. The van der Waals surface area contributed by atoms with Gasteiger partial charge in [-0.2, -0.15) is 0 Å². The first-order valence-corrected chi connectivity index (χ1v) is 12.2. The van der Waals surface area contributed by atoms with Crippen LogP contribution in [0.5, 0.6) is 0 Å². The average Bonchev–Trinajstić information content (AvgIpc) is 2.87. The lowest BCUT2D eigenvalue weighted by Crippen LogP contribution is -2.51. The number of rotatable bonds is 12. The van der Waals surface area contributed by atoms with Crippen LogP contribution < -0.4 is 16.4 Å². The maximum atomic E-state index is 13.9. The highest BCUT2D eigenvalue weighted by Crippen LogP contribution is 2.24. The van der Waals surface area contributed by atoms with Gasteiger partial charge in [0.15, 0.2) is 0 Å². The van der Waals surface area contributed by atoms with E-state index in [4.69, 9.17) is 10.5 Å². The summed E-state index contributed by atoms with van der Waals surface area (Å²) in [6, 6.07) is 17.4. The van der Waals surface area contributed by atoms with E-state index in [1.54, 1.807) is 13.8 Å². The zero-order valence-electron chi connectivity index (χ0n) is 21.5. The van der Waals surface area contributed by atoms with Crippen molar-refractivity contribution in [1.82, 2.24) is 10.6 Å². The third kappa shape index (κ3) is 8.44. The van der Waals surface area contributed by atoms with Crippen LogP contribution in [0.3, 0.4) is 0 Å². The number of carbonyl (C=O) groups excluding carboxylic acids is 2. The molecule has 0 unspecified atom stereocenters. The van der Waals surface area contributed by atoms with Gasteiger partial charge in [0.25, 0.3) is 0 Å². The van der Waals surface area contributed by atoms with Gasteiger partial charge in [0.2, 0.25) is 11.8 Å². The van der Waals surface area contributed by atoms with Crippen molar-refractivity contribution in [3.8, 4) is 11.1 Å². The second kappa shape index (κ2) is 13.2. The Hall–Kier alpha value is -3.66. The molecule has 7 nitrogen and oxygen atoms in total. The van der Waals surface area contributed by atoms with Crippen LogP contribution in [0.2, 0.25) is 0 Å². The first-order valence-electron chi connectivity index (χ1n) is 12.2. The molecule has 1 atom stereocenters. The third-order valence-electron chi connectivity index (χ3n) is 5.78. The van der Waals surface area contributed by atoms with Crippen molar-refractivity contribution in [2.45, 2.75) is 51.6 Å². The fourth-order valence-electron chi connectivity index (χ4n) is 3.85. The summed E-state index contributed by atoms with van der Waals surface area (Å²) in [5.41, 5.74) is 8.32. The van der Waals surface area contributed by atoms with E-state index in [0.29, 0.717) is 0 Å². The summed E-state index contributed by atoms with van der Waals surface area (Å²) < 4.78 is 33.3.